The van der Waals surface area contributed by atoms with Crippen molar-refractivity contribution in [1.29, 1.82) is 0 Å². The molecule has 1 N–H and O–H groups in total. The summed E-state index contributed by atoms with van der Waals surface area (Å²) >= 11 is 0. The molecule has 2 heterocycles. The van der Waals surface area contributed by atoms with E-state index in [1.54, 1.807) is 0 Å². The van der Waals surface area contributed by atoms with Gasteiger partial charge in [-0.2, -0.15) is 0 Å². The van der Waals surface area contributed by atoms with Gasteiger partial charge in [0.2, 0.25) is 10.0 Å². The lowest BCUT2D eigenvalue weighted by atomic mass is 9.90. The third-order valence-corrected chi connectivity index (χ3v) is 5.78. The molecule has 0 aromatic heterocycles. The molecule has 7 heteroatoms. The van der Waals surface area contributed by atoms with E-state index in [-0.39, 0.29) is 17.9 Å². The van der Waals surface area contributed by atoms with Crippen LogP contribution in [0.5, 0.6) is 0 Å². The highest BCUT2D eigenvalue weighted by Crippen LogP contribution is 2.36. The lowest BCUT2D eigenvalue weighted by Gasteiger charge is -2.39. The summed E-state index contributed by atoms with van der Waals surface area (Å²) in [7, 11) is -3.36. The summed E-state index contributed by atoms with van der Waals surface area (Å²) < 4.78 is 44.3. The Hall–Kier alpha value is -0.210. The molecule has 2 atom stereocenters. The Morgan fingerprint density at radius 1 is 1.05 bits per heavy atom. The van der Waals surface area contributed by atoms with Gasteiger partial charge < -0.3 is 14.2 Å². The molecule has 0 aromatic carbocycles. The highest BCUT2D eigenvalue weighted by atomic mass is 32.2. The van der Waals surface area contributed by atoms with Crippen molar-refractivity contribution in [3.63, 3.8) is 0 Å². The number of ether oxygens (including phenoxy) is 3. The van der Waals surface area contributed by atoms with Crippen molar-refractivity contribution in [2.75, 3.05) is 25.6 Å². The fourth-order valence-corrected chi connectivity index (χ4v) is 4.94. The van der Waals surface area contributed by atoms with Gasteiger partial charge in [-0.1, -0.05) is 6.42 Å². The van der Waals surface area contributed by atoms with E-state index in [0.29, 0.717) is 19.8 Å². The van der Waals surface area contributed by atoms with Crippen LogP contribution in [0.3, 0.4) is 0 Å². The second-order valence-electron chi connectivity index (χ2n) is 5.84. The van der Waals surface area contributed by atoms with Crippen molar-refractivity contribution in [2.45, 2.75) is 56.5 Å². The molecule has 116 valence electrons. The van der Waals surface area contributed by atoms with Crippen molar-refractivity contribution in [3.8, 4) is 0 Å². The first kappa shape index (κ1) is 14.7. The van der Waals surface area contributed by atoms with Crippen LogP contribution in [0.1, 0.15) is 38.5 Å². The summed E-state index contributed by atoms with van der Waals surface area (Å²) in [5, 5.41) is 0. The smallest absolute Gasteiger partial charge is 0.214 e. The predicted molar refractivity (Wildman–Crippen MR) is 72.8 cm³/mol. The Labute approximate surface area is 120 Å². The van der Waals surface area contributed by atoms with Crippen LogP contribution in [-0.2, 0) is 24.2 Å². The fraction of sp³-hybridized carbons (Fsp3) is 1.00. The number of hydrogen-bond acceptors (Lipinski definition) is 5. The summed E-state index contributed by atoms with van der Waals surface area (Å²) in [4.78, 5) is 0. The minimum absolute atomic E-state index is 0.0413. The van der Waals surface area contributed by atoms with Crippen LogP contribution in [0.15, 0.2) is 0 Å². The number of hydrogen-bond donors (Lipinski definition) is 1. The molecule has 1 aliphatic carbocycles. The Morgan fingerprint density at radius 3 is 2.55 bits per heavy atom. The quantitative estimate of drug-likeness (QED) is 0.830. The normalized spacial score (nSPS) is 33.8. The van der Waals surface area contributed by atoms with Gasteiger partial charge in [-0.3, -0.25) is 0 Å². The highest BCUT2D eigenvalue weighted by molar-refractivity contribution is 7.89. The van der Waals surface area contributed by atoms with Gasteiger partial charge in [-0.15, -0.1) is 0 Å². The topological polar surface area (TPSA) is 73.9 Å². The maximum atomic E-state index is 12.3. The number of nitrogens with one attached hydrogen (secondary N) is 1. The molecule has 3 fully saturated rings. The lowest BCUT2D eigenvalue weighted by molar-refractivity contribution is -0.191. The first-order valence-electron chi connectivity index (χ1n) is 7.49. The zero-order valence-corrected chi connectivity index (χ0v) is 12.5. The lowest BCUT2D eigenvalue weighted by Crippen LogP contribution is -2.56. The molecule has 6 nitrogen and oxygen atoms in total. The molecular formula is C13H23NO5S. The third kappa shape index (κ3) is 3.17. The van der Waals surface area contributed by atoms with Crippen LogP contribution < -0.4 is 4.72 Å². The largest absolute Gasteiger partial charge is 0.377 e. The average Bonchev–Trinajstić information content (AvgIpc) is 3.04. The van der Waals surface area contributed by atoms with Crippen molar-refractivity contribution in [2.24, 2.45) is 0 Å². The molecular weight excluding hydrogens is 282 g/mol. The standard InChI is InChI=1S/C13H23NO5S/c15-20(16,10-11-4-3-7-17-11)14-12-5-1-2-6-13(12)18-8-9-19-13/h11-12,14H,1-10H2/t11-,12+/m0/s1. The number of sulfonamides is 1. The van der Waals surface area contributed by atoms with Crippen LogP contribution >= 0.6 is 0 Å². The molecule has 0 unspecified atom stereocenters. The molecule has 0 aromatic rings. The van der Waals surface area contributed by atoms with Crippen molar-refractivity contribution < 1.29 is 22.6 Å². The Bertz CT molecular complexity index is 426. The van der Waals surface area contributed by atoms with Crippen LogP contribution in [-0.4, -0.2) is 51.9 Å². The molecule has 20 heavy (non-hydrogen) atoms. The average molecular weight is 305 g/mol. The second kappa shape index (κ2) is 5.88. The van der Waals surface area contributed by atoms with Crippen LogP contribution in [0, 0.1) is 0 Å². The molecule has 1 spiro atoms. The zero-order chi connectivity index (χ0) is 14.1. The molecule has 0 radical (unpaired) electrons. The van der Waals surface area contributed by atoms with Crippen molar-refractivity contribution in [3.05, 3.63) is 0 Å². The fourth-order valence-electron chi connectivity index (χ4n) is 3.36. The van der Waals surface area contributed by atoms with Gasteiger partial charge in [0.05, 0.1) is 31.1 Å². The summed E-state index contributed by atoms with van der Waals surface area (Å²) in [5.74, 6) is -0.693. The molecule has 3 rings (SSSR count). The van der Waals surface area contributed by atoms with Gasteiger partial charge in [0.1, 0.15) is 0 Å². The van der Waals surface area contributed by atoms with E-state index in [2.05, 4.69) is 4.72 Å². The van der Waals surface area contributed by atoms with E-state index < -0.39 is 15.8 Å². The predicted octanol–water partition coefficient (Wildman–Crippen LogP) is 0.770. The molecule has 0 bridgehead atoms. The number of rotatable bonds is 4. The first-order valence-corrected chi connectivity index (χ1v) is 9.14. The van der Waals surface area contributed by atoms with E-state index in [0.717, 1.165) is 38.5 Å². The maximum Gasteiger partial charge on any atom is 0.214 e. The molecule has 2 aliphatic heterocycles. The van der Waals surface area contributed by atoms with Crippen molar-refractivity contribution >= 4 is 10.0 Å². The molecule has 1 saturated carbocycles. The summed E-state index contributed by atoms with van der Waals surface area (Å²) in [6.07, 6.45) is 5.15. The van der Waals surface area contributed by atoms with Crippen LogP contribution in [0.4, 0.5) is 0 Å². The third-order valence-electron chi connectivity index (χ3n) is 4.33. The van der Waals surface area contributed by atoms with Gasteiger partial charge in [0, 0.05) is 13.0 Å². The summed E-state index contributed by atoms with van der Waals surface area (Å²) in [5.41, 5.74) is 0. The zero-order valence-electron chi connectivity index (χ0n) is 11.7. The van der Waals surface area contributed by atoms with E-state index in [1.165, 1.54) is 0 Å². The van der Waals surface area contributed by atoms with Gasteiger partial charge in [0.25, 0.3) is 0 Å². The van der Waals surface area contributed by atoms with Crippen LogP contribution in [0.25, 0.3) is 0 Å². The Kier molecular flexibility index (Phi) is 4.33. The Morgan fingerprint density at radius 2 is 1.85 bits per heavy atom. The second-order valence-corrected chi connectivity index (χ2v) is 7.64. The maximum absolute atomic E-state index is 12.3. The molecule has 2 saturated heterocycles. The van der Waals surface area contributed by atoms with Gasteiger partial charge in [-0.05, 0) is 25.7 Å². The van der Waals surface area contributed by atoms with Gasteiger partial charge >= 0.3 is 0 Å². The van der Waals surface area contributed by atoms with Gasteiger partial charge in [-0.25, -0.2) is 13.1 Å². The van der Waals surface area contributed by atoms with Gasteiger partial charge in [0.15, 0.2) is 5.79 Å². The summed E-state index contributed by atoms with van der Waals surface area (Å²) in [6, 6.07) is -0.273. The highest BCUT2D eigenvalue weighted by Gasteiger charge is 2.47. The first-order chi connectivity index (χ1) is 9.60. The van der Waals surface area contributed by atoms with E-state index in [9.17, 15) is 8.42 Å². The van der Waals surface area contributed by atoms with E-state index in [1.807, 2.05) is 0 Å². The molecule has 3 aliphatic rings. The van der Waals surface area contributed by atoms with Crippen molar-refractivity contribution in [1.82, 2.24) is 4.72 Å². The van der Waals surface area contributed by atoms with E-state index in [4.69, 9.17) is 14.2 Å². The minimum Gasteiger partial charge on any atom is -0.377 e. The van der Waals surface area contributed by atoms with Crippen LogP contribution in [0.2, 0.25) is 0 Å². The Balaban J connectivity index is 1.65. The monoisotopic (exact) mass is 305 g/mol. The minimum atomic E-state index is -3.36. The summed E-state index contributed by atoms with van der Waals surface area (Å²) in [6.45, 7) is 1.76. The molecule has 0 amide bonds. The SMILES string of the molecule is O=S(=O)(C[C@@H]1CCCO1)N[C@@H]1CCCCC12OCCO2. The van der Waals surface area contributed by atoms with E-state index >= 15 is 0 Å².